The van der Waals surface area contributed by atoms with Gasteiger partial charge >= 0.3 is 12.2 Å². The van der Waals surface area contributed by atoms with Gasteiger partial charge in [0.25, 0.3) is 0 Å². The summed E-state index contributed by atoms with van der Waals surface area (Å²) in [5, 5.41) is 2.73. The first-order valence-corrected chi connectivity index (χ1v) is 8.29. The maximum atomic E-state index is 12.3. The molecule has 1 fully saturated rings. The van der Waals surface area contributed by atoms with Crippen LogP contribution in [0.2, 0.25) is 0 Å². The standard InChI is InChI=1S/C18H26N2O4/c1-18(2,3)24-16(21)19-12-15-10-7-11-20(15)17(22)23-13-14-8-5-4-6-9-14/h4-6,8-9,15H,7,10-13H2,1-3H3,(H,19,21)/t15-/m0/s1. The van der Waals surface area contributed by atoms with Crippen molar-refractivity contribution in [2.24, 2.45) is 0 Å². The number of nitrogens with one attached hydrogen (secondary N) is 1. The molecule has 1 aliphatic rings. The first kappa shape index (κ1) is 18.1. The normalized spacial score (nSPS) is 17.5. The second kappa shape index (κ2) is 8.04. The van der Waals surface area contributed by atoms with E-state index in [-0.39, 0.29) is 18.7 Å². The molecule has 0 spiro atoms. The van der Waals surface area contributed by atoms with Gasteiger partial charge in [-0.1, -0.05) is 30.3 Å². The van der Waals surface area contributed by atoms with Crippen molar-refractivity contribution in [1.29, 1.82) is 0 Å². The van der Waals surface area contributed by atoms with Gasteiger partial charge in [-0.2, -0.15) is 0 Å². The van der Waals surface area contributed by atoms with Gasteiger partial charge in [0.05, 0.1) is 6.04 Å². The molecule has 0 saturated carbocycles. The monoisotopic (exact) mass is 334 g/mol. The van der Waals surface area contributed by atoms with Crippen LogP contribution < -0.4 is 5.32 Å². The van der Waals surface area contributed by atoms with Crippen LogP contribution in [0.1, 0.15) is 39.2 Å². The van der Waals surface area contributed by atoms with E-state index in [1.54, 1.807) is 4.90 Å². The van der Waals surface area contributed by atoms with E-state index in [0.29, 0.717) is 13.1 Å². The van der Waals surface area contributed by atoms with Gasteiger partial charge in [-0.25, -0.2) is 9.59 Å². The fourth-order valence-corrected chi connectivity index (χ4v) is 2.61. The molecule has 6 heteroatoms. The van der Waals surface area contributed by atoms with Crippen LogP contribution in [0.5, 0.6) is 0 Å². The summed E-state index contributed by atoms with van der Waals surface area (Å²) in [5.41, 5.74) is 0.419. The molecule has 1 aromatic carbocycles. The summed E-state index contributed by atoms with van der Waals surface area (Å²) in [6.45, 7) is 6.71. The number of amides is 2. The zero-order chi connectivity index (χ0) is 17.6. The number of hydrogen-bond acceptors (Lipinski definition) is 4. The Balaban J connectivity index is 1.79. The molecule has 0 aromatic heterocycles. The number of benzene rings is 1. The Morgan fingerprint density at radius 2 is 1.96 bits per heavy atom. The summed E-state index contributed by atoms with van der Waals surface area (Å²) in [5.74, 6) is 0. The molecule has 0 bridgehead atoms. The lowest BCUT2D eigenvalue weighted by Gasteiger charge is -2.25. The highest BCUT2D eigenvalue weighted by Gasteiger charge is 2.30. The number of likely N-dealkylation sites (tertiary alicyclic amines) is 1. The van der Waals surface area contributed by atoms with Gasteiger partial charge in [-0.15, -0.1) is 0 Å². The predicted octanol–water partition coefficient (Wildman–Crippen LogP) is 3.31. The number of rotatable bonds is 4. The average Bonchev–Trinajstić information content (AvgIpc) is 2.98. The second-order valence-corrected chi connectivity index (χ2v) is 6.91. The molecule has 0 unspecified atom stereocenters. The van der Waals surface area contributed by atoms with Crippen molar-refractivity contribution in [3.63, 3.8) is 0 Å². The molecule has 6 nitrogen and oxygen atoms in total. The highest BCUT2D eigenvalue weighted by molar-refractivity contribution is 5.69. The zero-order valence-electron chi connectivity index (χ0n) is 14.6. The van der Waals surface area contributed by atoms with Gasteiger partial charge in [-0.3, -0.25) is 0 Å². The van der Waals surface area contributed by atoms with E-state index >= 15 is 0 Å². The molecule has 132 valence electrons. The van der Waals surface area contributed by atoms with Gasteiger partial charge in [-0.05, 0) is 39.2 Å². The Morgan fingerprint density at radius 1 is 1.25 bits per heavy atom. The summed E-state index contributed by atoms with van der Waals surface area (Å²) in [4.78, 5) is 25.7. The van der Waals surface area contributed by atoms with E-state index in [2.05, 4.69) is 5.32 Å². The van der Waals surface area contributed by atoms with E-state index in [9.17, 15) is 9.59 Å². The summed E-state index contributed by atoms with van der Waals surface area (Å²) in [6.07, 6.45) is 0.941. The highest BCUT2D eigenvalue weighted by Crippen LogP contribution is 2.18. The van der Waals surface area contributed by atoms with Gasteiger partial charge in [0.15, 0.2) is 0 Å². The highest BCUT2D eigenvalue weighted by atomic mass is 16.6. The third kappa shape index (κ3) is 5.76. The van der Waals surface area contributed by atoms with Gasteiger partial charge in [0.1, 0.15) is 12.2 Å². The van der Waals surface area contributed by atoms with Crippen LogP contribution >= 0.6 is 0 Å². The third-order valence-corrected chi connectivity index (χ3v) is 3.70. The summed E-state index contributed by atoms with van der Waals surface area (Å²) >= 11 is 0. The molecule has 1 aromatic rings. The van der Waals surface area contributed by atoms with Gasteiger partial charge in [0.2, 0.25) is 0 Å². The molecule has 1 saturated heterocycles. The topological polar surface area (TPSA) is 67.9 Å². The van der Waals surface area contributed by atoms with Crippen LogP contribution in [0, 0.1) is 0 Å². The third-order valence-electron chi connectivity index (χ3n) is 3.70. The van der Waals surface area contributed by atoms with Gasteiger partial charge in [0, 0.05) is 13.1 Å². The minimum Gasteiger partial charge on any atom is -0.445 e. The van der Waals surface area contributed by atoms with Crippen LogP contribution in [0.4, 0.5) is 9.59 Å². The number of ether oxygens (including phenoxy) is 2. The van der Waals surface area contributed by atoms with Crippen LogP contribution in [-0.2, 0) is 16.1 Å². The number of alkyl carbamates (subject to hydrolysis) is 1. The number of carbonyl (C=O) groups is 2. The Hall–Kier alpha value is -2.24. The summed E-state index contributed by atoms with van der Waals surface area (Å²) < 4.78 is 10.6. The Bertz CT molecular complexity index is 554. The minimum atomic E-state index is -0.534. The molecular formula is C18H26N2O4. The summed E-state index contributed by atoms with van der Waals surface area (Å²) in [7, 11) is 0. The van der Waals surface area contributed by atoms with Gasteiger partial charge < -0.3 is 19.7 Å². The van der Waals surface area contributed by atoms with Crippen molar-refractivity contribution in [2.45, 2.75) is 51.9 Å². The fourth-order valence-electron chi connectivity index (χ4n) is 2.61. The van der Waals surface area contributed by atoms with Crippen molar-refractivity contribution >= 4 is 12.2 Å². The Labute approximate surface area is 143 Å². The largest absolute Gasteiger partial charge is 0.445 e. The zero-order valence-corrected chi connectivity index (χ0v) is 14.6. The molecular weight excluding hydrogens is 308 g/mol. The second-order valence-electron chi connectivity index (χ2n) is 6.91. The Morgan fingerprint density at radius 3 is 2.62 bits per heavy atom. The molecule has 0 radical (unpaired) electrons. The molecule has 2 amide bonds. The molecule has 0 aliphatic carbocycles. The maximum absolute atomic E-state index is 12.3. The number of nitrogens with zero attached hydrogens (tertiary/aromatic N) is 1. The van der Waals surface area contributed by atoms with E-state index < -0.39 is 11.7 Å². The molecule has 1 heterocycles. The van der Waals surface area contributed by atoms with Crippen LogP contribution in [0.3, 0.4) is 0 Å². The van der Waals surface area contributed by atoms with Crippen molar-refractivity contribution in [2.75, 3.05) is 13.1 Å². The lowest BCUT2D eigenvalue weighted by Crippen LogP contribution is -2.44. The minimum absolute atomic E-state index is 0.0548. The lowest BCUT2D eigenvalue weighted by atomic mass is 10.2. The maximum Gasteiger partial charge on any atom is 0.410 e. The summed E-state index contributed by atoms with van der Waals surface area (Å²) in [6, 6.07) is 9.52. The smallest absolute Gasteiger partial charge is 0.410 e. The lowest BCUT2D eigenvalue weighted by molar-refractivity contribution is 0.0502. The van der Waals surface area contributed by atoms with Crippen LogP contribution in [-0.4, -0.2) is 41.8 Å². The number of hydrogen-bond donors (Lipinski definition) is 1. The van der Waals surface area contributed by atoms with E-state index in [4.69, 9.17) is 9.47 Å². The SMILES string of the molecule is CC(C)(C)OC(=O)NC[C@@H]1CCCN1C(=O)OCc1ccccc1. The fraction of sp³-hybridized carbons (Fsp3) is 0.556. The van der Waals surface area contributed by atoms with Crippen LogP contribution in [0.25, 0.3) is 0 Å². The van der Waals surface area contributed by atoms with Crippen LogP contribution in [0.15, 0.2) is 30.3 Å². The number of carbonyl (C=O) groups excluding carboxylic acids is 2. The predicted molar refractivity (Wildman–Crippen MR) is 90.6 cm³/mol. The van der Waals surface area contributed by atoms with Crippen molar-refractivity contribution in [3.05, 3.63) is 35.9 Å². The molecule has 1 aliphatic heterocycles. The first-order chi connectivity index (χ1) is 11.3. The Kier molecular flexibility index (Phi) is 6.06. The van der Waals surface area contributed by atoms with Crippen molar-refractivity contribution in [3.8, 4) is 0 Å². The van der Waals surface area contributed by atoms with E-state index in [1.165, 1.54) is 0 Å². The first-order valence-electron chi connectivity index (χ1n) is 8.29. The molecule has 24 heavy (non-hydrogen) atoms. The molecule has 1 N–H and O–H groups in total. The van der Waals surface area contributed by atoms with E-state index in [1.807, 2.05) is 51.1 Å². The van der Waals surface area contributed by atoms with Crippen molar-refractivity contribution < 1.29 is 19.1 Å². The average molecular weight is 334 g/mol. The molecule has 1 atom stereocenters. The molecule has 2 rings (SSSR count). The quantitative estimate of drug-likeness (QED) is 0.917. The van der Waals surface area contributed by atoms with Crippen molar-refractivity contribution in [1.82, 2.24) is 10.2 Å². The van der Waals surface area contributed by atoms with E-state index in [0.717, 1.165) is 18.4 Å².